The van der Waals surface area contributed by atoms with Gasteiger partial charge in [0.15, 0.2) is 0 Å². The summed E-state index contributed by atoms with van der Waals surface area (Å²) < 4.78 is 10.9. The van der Waals surface area contributed by atoms with Gasteiger partial charge in [-0.05, 0) is 45.4 Å². The number of benzene rings is 1. The molecule has 1 fully saturated rings. The number of hydrogen-bond acceptors (Lipinski definition) is 6. The molecule has 4 rings (SSSR count). The lowest BCUT2D eigenvalue weighted by atomic mass is 10.0. The summed E-state index contributed by atoms with van der Waals surface area (Å²) in [7, 11) is 1.70. The van der Waals surface area contributed by atoms with Crippen molar-refractivity contribution in [2.75, 3.05) is 13.7 Å². The normalized spacial score (nSPS) is 17.7. The molecule has 0 radical (unpaired) electrons. The van der Waals surface area contributed by atoms with Gasteiger partial charge in [0.05, 0.1) is 18.4 Å². The first-order valence-electron chi connectivity index (χ1n) is 8.92. The minimum Gasteiger partial charge on any atom is -0.496 e. The molecule has 6 heteroatoms. The quantitative estimate of drug-likeness (QED) is 0.649. The minimum absolute atomic E-state index is 0.387. The summed E-state index contributed by atoms with van der Waals surface area (Å²) in [6.07, 6.45) is 4.35. The summed E-state index contributed by atoms with van der Waals surface area (Å²) in [6, 6.07) is 8.43. The monoisotopic (exact) mass is 369 g/mol. The third-order valence-corrected chi connectivity index (χ3v) is 6.05. The average Bonchev–Trinajstić information content (AvgIpc) is 3.37. The molecule has 0 N–H and O–H groups in total. The molecule has 5 nitrogen and oxygen atoms in total. The maximum Gasteiger partial charge on any atom is 0.138 e. The number of thiazole rings is 1. The van der Waals surface area contributed by atoms with Crippen LogP contribution in [0.1, 0.15) is 40.8 Å². The third kappa shape index (κ3) is 3.15. The molecule has 1 unspecified atom stereocenters. The van der Waals surface area contributed by atoms with E-state index in [2.05, 4.69) is 21.1 Å². The first kappa shape index (κ1) is 17.2. The van der Waals surface area contributed by atoms with Gasteiger partial charge in [-0.15, -0.1) is 11.3 Å². The summed E-state index contributed by atoms with van der Waals surface area (Å²) in [6.45, 7) is 6.05. The number of ether oxygens (including phenoxy) is 1. The van der Waals surface area contributed by atoms with E-state index in [4.69, 9.17) is 9.26 Å². The van der Waals surface area contributed by atoms with Crippen molar-refractivity contribution >= 4 is 11.3 Å². The van der Waals surface area contributed by atoms with Gasteiger partial charge in [0.1, 0.15) is 16.5 Å². The van der Waals surface area contributed by atoms with Crippen LogP contribution in [0.25, 0.3) is 10.6 Å². The molecule has 0 amide bonds. The first-order chi connectivity index (χ1) is 12.7. The van der Waals surface area contributed by atoms with Gasteiger partial charge < -0.3 is 9.26 Å². The van der Waals surface area contributed by atoms with Gasteiger partial charge in [-0.2, -0.15) is 0 Å². The van der Waals surface area contributed by atoms with E-state index in [0.717, 1.165) is 47.3 Å². The number of likely N-dealkylation sites (tertiary alicyclic amines) is 1. The second-order valence-electron chi connectivity index (χ2n) is 6.70. The fraction of sp³-hybridized carbons (Fsp3) is 0.400. The Morgan fingerprint density at radius 1 is 1.31 bits per heavy atom. The minimum atomic E-state index is 0.387. The molecule has 1 atom stereocenters. The van der Waals surface area contributed by atoms with Gasteiger partial charge >= 0.3 is 0 Å². The number of methoxy groups -OCH3 is 1. The highest BCUT2D eigenvalue weighted by atomic mass is 32.1. The maximum absolute atomic E-state index is 5.47. The van der Waals surface area contributed by atoms with E-state index in [0.29, 0.717) is 6.04 Å². The molecule has 1 aromatic carbocycles. The summed E-state index contributed by atoms with van der Waals surface area (Å²) in [5.41, 5.74) is 3.32. The molecule has 26 heavy (non-hydrogen) atoms. The van der Waals surface area contributed by atoms with Crippen LogP contribution >= 0.6 is 11.3 Å². The fourth-order valence-corrected chi connectivity index (χ4v) is 4.80. The number of rotatable bonds is 5. The SMILES string of the molecule is COc1ccccc1-c1ncc(CN2CCCC2c2c(C)noc2C)s1. The van der Waals surface area contributed by atoms with E-state index >= 15 is 0 Å². The van der Waals surface area contributed by atoms with Crippen LogP contribution in [0.4, 0.5) is 0 Å². The lowest BCUT2D eigenvalue weighted by Crippen LogP contribution is -2.23. The fourth-order valence-electron chi connectivity index (χ4n) is 3.83. The van der Waals surface area contributed by atoms with Gasteiger partial charge in [-0.25, -0.2) is 4.98 Å². The summed E-state index contributed by atoms with van der Waals surface area (Å²) in [4.78, 5) is 8.43. The lowest BCUT2D eigenvalue weighted by Gasteiger charge is -2.23. The smallest absolute Gasteiger partial charge is 0.138 e. The third-order valence-electron chi connectivity index (χ3n) is 5.04. The molecule has 1 aliphatic rings. The molecule has 0 aliphatic carbocycles. The topological polar surface area (TPSA) is 51.4 Å². The number of para-hydroxylation sites is 1. The molecule has 1 aliphatic heterocycles. The van der Waals surface area contributed by atoms with Gasteiger partial charge in [-0.1, -0.05) is 17.3 Å². The zero-order valence-corrected chi connectivity index (χ0v) is 16.2. The number of nitrogens with zero attached hydrogens (tertiary/aromatic N) is 3. The Balaban J connectivity index is 1.55. The summed E-state index contributed by atoms with van der Waals surface area (Å²) >= 11 is 1.74. The molecule has 1 saturated heterocycles. The van der Waals surface area contributed by atoms with Gasteiger partial charge in [0.25, 0.3) is 0 Å². The Labute approximate surface area is 157 Å². The Morgan fingerprint density at radius 3 is 2.92 bits per heavy atom. The zero-order chi connectivity index (χ0) is 18.1. The van der Waals surface area contributed by atoms with Crippen LogP contribution in [0.15, 0.2) is 35.0 Å². The predicted octanol–water partition coefficient (Wildman–Crippen LogP) is 4.76. The van der Waals surface area contributed by atoms with Crippen LogP contribution in [0.2, 0.25) is 0 Å². The molecule has 0 bridgehead atoms. The van der Waals surface area contributed by atoms with Crippen molar-refractivity contribution in [1.29, 1.82) is 0 Å². The molecule has 2 aromatic heterocycles. The summed E-state index contributed by atoms with van der Waals surface area (Å²) in [5.74, 6) is 1.81. The van der Waals surface area contributed by atoms with Crippen LogP contribution < -0.4 is 4.74 Å². The second kappa shape index (κ2) is 7.21. The Hall–Kier alpha value is -2.18. The molecular formula is C20H23N3O2S. The molecular weight excluding hydrogens is 346 g/mol. The molecule has 136 valence electrons. The molecule has 3 heterocycles. The van der Waals surface area contributed by atoms with Crippen molar-refractivity contribution < 1.29 is 9.26 Å². The van der Waals surface area contributed by atoms with Crippen molar-refractivity contribution in [3.05, 3.63) is 52.4 Å². The number of aromatic nitrogens is 2. The lowest BCUT2D eigenvalue weighted by molar-refractivity contribution is 0.247. The zero-order valence-electron chi connectivity index (χ0n) is 15.4. The second-order valence-corrected chi connectivity index (χ2v) is 7.81. The van der Waals surface area contributed by atoms with Crippen LogP contribution in [-0.2, 0) is 6.54 Å². The Kier molecular flexibility index (Phi) is 4.78. The largest absolute Gasteiger partial charge is 0.496 e. The highest BCUT2D eigenvalue weighted by Gasteiger charge is 2.31. The van der Waals surface area contributed by atoms with Gasteiger partial charge in [-0.3, -0.25) is 4.90 Å². The van der Waals surface area contributed by atoms with E-state index in [1.54, 1.807) is 18.4 Å². The first-order valence-corrected chi connectivity index (χ1v) is 9.74. The predicted molar refractivity (Wildman–Crippen MR) is 102 cm³/mol. The highest BCUT2D eigenvalue weighted by Crippen LogP contribution is 2.38. The van der Waals surface area contributed by atoms with E-state index in [1.165, 1.54) is 16.9 Å². The van der Waals surface area contributed by atoms with Crippen LogP contribution in [-0.4, -0.2) is 28.7 Å². The Morgan fingerprint density at radius 2 is 2.15 bits per heavy atom. The van der Waals surface area contributed by atoms with Crippen LogP contribution in [0.3, 0.4) is 0 Å². The standard InChI is InChI=1S/C20H23N3O2S/c1-13-19(14(2)25-22-13)17-8-6-10-23(17)12-15-11-21-20(26-15)16-7-4-5-9-18(16)24-3/h4-5,7,9,11,17H,6,8,10,12H2,1-3H3. The number of aryl methyl sites for hydroxylation is 2. The van der Waals surface area contributed by atoms with Crippen molar-refractivity contribution in [1.82, 2.24) is 15.0 Å². The van der Waals surface area contributed by atoms with Crippen molar-refractivity contribution in [3.63, 3.8) is 0 Å². The van der Waals surface area contributed by atoms with Crippen LogP contribution in [0, 0.1) is 13.8 Å². The Bertz CT molecular complexity index is 883. The van der Waals surface area contributed by atoms with Crippen molar-refractivity contribution in [3.8, 4) is 16.3 Å². The van der Waals surface area contributed by atoms with E-state index in [9.17, 15) is 0 Å². The van der Waals surface area contributed by atoms with Crippen molar-refractivity contribution in [2.24, 2.45) is 0 Å². The van der Waals surface area contributed by atoms with E-state index in [1.807, 2.05) is 38.2 Å². The molecule has 0 saturated carbocycles. The van der Waals surface area contributed by atoms with E-state index in [-0.39, 0.29) is 0 Å². The number of hydrogen-bond donors (Lipinski definition) is 0. The summed E-state index contributed by atoms with van der Waals surface area (Å²) in [5, 5.41) is 5.14. The van der Waals surface area contributed by atoms with E-state index < -0.39 is 0 Å². The van der Waals surface area contributed by atoms with Crippen LogP contribution in [0.5, 0.6) is 5.75 Å². The molecule has 0 spiro atoms. The van der Waals surface area contributed by atoms with Gasteiger partial charge in [0, 0.05) is 29.2 Å². The maximum atomic E-state index is 5.47. The van der Waals surface area contributed by atoms with Crippen molar-refractivity contribution in [2.45, 2.75) is 39.3 Å². The highest BCUT2D eigenvalue weighted by molar-refractivity contribution is 7.15. The van der Waals surface area contributed by atoms with Gasteiger partial charge in [0.2, 0.25) is 0 Å². The molecule has 3 aromatic rings. The average molecular weight is 369 g/mol.